The minimum atomic E-state index is -0.629. The second-order valence-electron chi connectivity index (χ2n) is 11.3. The number of carbonyl (C=O) groups is 2. The third-order valence-electron chi connectivity index (χ3n) is 7.32. The monoisotopic (exact) mass is 526 g/mol. The van der Waals surface area contributed by atoms with Gasteiger partial charge in [-0.1, -0.05) is 50.6 Å². The average molecular weight is 527 g/mol. The van der Waals surface area contributed by atoms with Crippen LogP contribution in [0.3, 0.4) is 0 Å². The van der Waals surface area contributed by atoms with Gasteiger partial charge in [0.05, 0.1) is 7.11 Å². The molecule has 0 radical (unpaired) electrons. The van der Waals surface area contributed by atoms with Crippen molar-refractivity contribution in [1.82, 2.24) is 10.6 Å². The zero-order chi connectivity index (χ0) is 27.9. The predicted octanol–water partition coefficient (Wildman–Crippen LogP) is 5.86. The molecule has 0 unspecified atom stereocenters. The molecule has 0 heterocycles. The Labute approximate surface area is 225 Å². The first-order valence-electron chi connectivity index (χ1n) is 13.3. The van der Waals surface area contributed by atoms with E-state index in [0.29, 0.717) is 24.9 Å². The molecule has 7 heteroatoms. The summed E-state index contributed by atoms with van der Waals surface area (Å²) >= 11 is 0. The third kappa shape index (κ3) is 8.22. The normalized spacial score (nSPS) is 18.6. The number of amides is 1. The van der Waals surface area contributed by atoms with Gasteiger partial charge in [0.15, 0.2) is 0 Å². The zero-order valence-electron chi connectivity index (χ0n) is 23.1. The number of esters is 1. The lowest BCUT2D eigenvalue weighted by molar-refractivity contribution is -0.135. The number of carbonyl (C=O) groups excluding carboxylic acids is 2. The first-order valence-corrected chi connectivity index (χ1v) is 13.3. The number of ether oxygens (including phenoxy) is 1. The van der Waals surface area contributed by atoms with E-state index in [1.54, 1.807) is 6.08 Å². The van der Waals surface area contributed by atoms with E-state index < -0.39 is 11.6 Å². The molecule has 1 amide bonds. The van der Waals surface area contributed by atoms with Crippen LogP contribution in [0.5, 0.6) is 0 Å². The summed E-state index contributed by atoms with van der Waals surface area (Å²) in [7, 11) is 1.38. The first-order chi connectivity index (χ1) is 17.9. The Morgan fingerprint density at radius 1 is 1.08 bits per heavy atom. The van der Waals surface area contributed by atoms with Gasteiger partial charge in [0.1, 0.15) is 11.6 Å². The maximum absolute atomic E-state index is 13.8. The maximum Gasteiger partial charge on any atom is 0.330 e. The lowest BCUT2D eigenvalue weighted by Gasteiger charge is -2.41. The number of methoxy groups -OCH3 is 1. The lowest BCUT2D eigenvalue weighted by atomic mass is 9.73. The third-order valence-corrected chi connectivity index (χ3v) is 7.32. The number of halogens is 2. The summed E-state index contributed by atoms with van der Waals surface area (Å²) in [5.74, 6) is -1.78. The molecule has 38 heavy (non-hydrogen) atoms. The smallest absolute Gasteiger partial charge is 0.330 e. The van der Waals surface area contributed by atoms with Crippen LogP contribution in [0.2, 0.25) is 0 Å². The second-order valence-corrected chi connectivity index (χ2v) is 11.3. The largest absolute Gasteiger partial charge is 0.466 e. The first kappa shape index (κ1) is 29.5. The summed E-state index contributed by atoms with van der Waals surface area (Å²) in [5.41, 5.74) is 3.72. The predicted molar refractivity (Wildman–Crippen MR) is 146 cm³/mol. The van der Waals surface area contributed by atoms with E-state index in [0.717, 1.165) is 37.3 Å². The van der Waals surface area contributed by atoms with Crippen molar-refractivity contribution >= 4 is 11.9 Å². The average Bonchev–Trinajstić information content (AvgIpc) is 2.83. The fourth-order valence-corrected chi connectivity index (χ4v) is 5.23. The standard InChI is InChI=1S/C31H40F2N2O3/c1-21(36)35-28(17-23-15-26(32)20-27(33)16-23)11-14-34-31(12-9-22(10-13-31)18-29(37)38-5)25-8-6-7-24(19-25)30(2,3)4/h6-8,15-16,18-20,28,34H,9-14,17H2,1-5H3,(H,35,36)/t28-,31?/m1/s1. The van der Waals surface area contributed by atoms with Crippen molar-refractivity contribution in [1.29, 1.82) is 0 Å². The molecule has 0 aromatic heterocycles. The number of benzene rings is 2. The summed E-state index contributed by atoms with van der Waals surface area (Å²) in [6.07, 6.45) is 5.66. The van der Waals surface area contributed by atoms with Crippen molar-refractivity contribution in [2.45, 2.75) is 83.2 Å². The molecule has 1 aliphatic rings. The highest BCUT2D eigenvalue weighted by Crippen LogP contribution is 2.40. The van der Waals surface area contributed by atoms with Crippen LogP contribution in [-0.2, 0) is 31.7 Å². The Hall–Kier alpha value is -3.06. The van der Waals surface area contributed by atoms with Crippen LogP contribution in [0, 0.1) is 11.6 Å². The van der Waals surface area contributed by atoms with Crippen molar-refractivity contribution in [2.75, 3.05) is 13.7 Å². The zero-order valence-corrected chi connectivity index (χ0v) is 23.1. The van der Waals surface area contributed by atoms with Gasteiger partial charge in [-0.3, -0.25) is 4.79 Å². The Morgan fingerprint density at radius 2 is 1.74 bits per heavy atom. The van der Waals surface area contributed by atoms with Gasteiger partial charge < -0.3 is 15.4 Å². The maximum atomic E-state index is 13.8. The highest BCUT2D eigenvalue weighted by atomic mass is 19.1. The highest BCUT2D eigenvalue weighted by molar-refractivity contribution is 5.82. The Kier molecular flexibility index (Phi) is 9.82. The number of hydrogen-bond acceptors (Lipinski definition) is 4. The van der Waals surface area contributed by atoms with Crippen LogP contribution in [-0.4, -0.2) is 31.6 Å². The fraction of sp³-hybridized carbons (Fsp3) is 0.484. The van der Waals surface area contributed by atoms with Crippen LogP contribution in [0.1, 0.15) is 76.5 Å². The van der Waals surface area contributed by atoms with E-state index >= 15 is 0 Å². The van der Waals surface area contributed by atoms with Crippen LogP contribution < -0.4 is 10.6 Å². The van der Waals surface area contributed by atoms with E-state index in [-0.39, 0.29) is 28.9 Å². The van der Waals surface area contributed by atoms with Gasteiger partial charge in [0, 0.05) is 30.6 Å². The number of hydrogen-bond donors (Lipinski definition) is 2. The minimum absolute atomic E-state index is 0.00144. The molecule has 1 fully saturated rings. The topological polar surface area (TPSA) is 67.4 Å². The molecular formula is C31H40F2N2O3. The summed E-state index contributed by atoms with van der Waals surface area (Å²) in [6.45, 7) is 8.62. The molecule has 206 valence electrons. The van der Waals surface area contributed by atoms with Crippen molar-refractivity contribution in [3.8, 4) is 0 Å². The summed E-state index contributed by atoms with van der Waals surface area (Å²) in [6, 6.07) is 11.8. The molecule has 0 aliphatic heterocycles. The molecule has 1 atom stereocenters. The minimum Gasteiger partial charge on any atom is -0.466 e. The van der Waals surface area contributed by atoms with Crippen LogP contribution in [0.4, 0.5) is 8.78 Å². The molecule has 1 saturated carbocycles. The van der Waals surface area contributed by atoms with Crippen LogP contribution >= 0.6 is 0 Å². The molecule has 1 aliphatic carbocycles. The number of nitrogens with one attached hydrogen (secondary N) is 2. The Bertz CT molecular complexity index is 1140. The highest BCUT2D eigenvalue weighted by Gasteiger charge is 2.35. The van der Waals surface area contributed by atoms with Crippen LogP contribution in [0.15, 0.2) is 54.1 Å². The van der Waals surface area contributed by atoms with Crippen molar-refractivity contribution in [2.24, 2.45) is 0 Å². The molecule has 0 spiro atoms. The van der Waals surface area contributed by atoms with E-state index in [9.17, 15) is 18.4 Å². The van der Waals surface area contributed by atoms with Gasteiger partial charge >= 0.3 is 5.97 Å². The fourth-order valence-electron chi connectivity index (χ4n) is 5.23. The van der Waals surface area contributed by atoms with Gasteiger partial charge in [0.2, 0.25) is 5.91 Å². The van der Waals surface area contributed by atoms with Gasteiger partial charge in [-0.2, -0.15) is 0 Å². The van der Waals surface area contributed by atoms with E-state index in [4.69, 9.17) is 4.74 Å². The summed E-state index contributed by atoms with van der Waals surface area (Å²) in [4.78, 5) is 23.7. The van der Waals surface area contributed by atoms with Crippen LogP contribution in [0.25, 0.3) is 0 Å². The molecule has 2 aromatic rings. The molecule has 2 N–H and O–H groups in total. The van der Waals surface area contributed by atoms with E-state index in [1.165, 1.54) is 37.3 Å². The molecule has 3 rings (SSSR count). The Balaban J connectivity index is 1.81. The second kappa shape index (κ2) is 12.7. The van der Waals surface area contributed by atoms with Gasteiger partial charge in [0.25, 0.3) is 0 Å². The van der Waals surface area contributed by atoms with Crippen molar-refractivity contribution in [3.63, 3.8) is 0 Å². The quantitative estimate of drug-likeness (QED) is 0.317. The van der Waals surface area contributed by atoms with Gasteiger partial charge in [-0.05, 0) is 79.3 Å². The van der Waals surface area contributed by atoms with Crippen molar-refractivity contribution < 1.29 is 23.1 Å². The molecule has 0 saturated heterocycles. The molecule has 0 bridgehead atoms. The van der Waals surface area contributed by atoms with Crippen molar-refractivity contribution in [3.05, 3.63) is 82.4 Å². The van der Waals surface area contributed by atoms with Gasteiger partial charge in [-0.15, -0.1) is 0 Å². The SMILES string of the molecule is COC(=O)C=C1CCC(NCC[C@H](Cc2cc(F)cc(F)c2)NC(C)=O)(c2cccc(C(C)(C)C)c2)CC1. The van der Waals surface area contributed by atoms with Gasteiger partial charge in [-0.25, -0.2) is 13.6 Å². The number of rotatable bonds is 9. The molecular weight excluding hydrogens is 486 g/mol. The lowest BCUT2D eigenvalue weighted by Crippen LogP contribution is -2.47. The molecule has 5 nitrogen and oxygen atoms in total. The summed E-state index contributed by atoms with van der Waals surface area (Å²) < 4.78 is 32.3. The Morgan fingerprint density at radius 3 is 2.32 bits per heavy atom. The molecule has 2 aromatic carbocycles. The summed E-state index contributed by atoms with van der Waals surface area (Å²) in [5, 5.41) is 6.72. The number of allylic oxidation sites excluding steroid dienone is 1. The van der Waals surface area contributed by atoms with E-state index in [1.807, 2.05) is 0 Å². The van der Waals surface area contributed by atoms with E-state index in [2.05, 4.69) is 55.7 Å².